The van der Waals surface area contributed by atoms with Crippen LogP contribution >= 0.6 is 0 Å². The van der Waals surface area contributed by atoms with Gasteiger partial charge in [0.2, 0.25) is 5.91 Å². The molecule has 1 aliphatic heterocycles. The third-order valence-corrected chi connectivity index (χ3v) is 3.37. The van der Waals surface area contributed by atoms with Crippen LogP contribution in [-0.4, -0.2) is 35.1 Å². The normalized spacial score (nSPS) is 21.7. The maximum atomic E-state index is 11.9. The number of furan rings is 1. The molecule has 0 saturated carbocycles. The number of aryl methyl sites for hydroxylation is 1. The lowest BCUT2D eigenvalue weighted by Gasteiger charge is -2.15. The van der Waals surface area contributed by atoms with E-state index in [0.29, 0.717) is 12.3 Å². The first-order chi connectivity index (χ1) is 8.56. The zero-order chi connectivity index (χ0) is 13.1. The molecule has 0 bridgehead atoms. The van der Waals surface area contributed by atoms with Gasteiger partial charge >= 0.3 is 0 Å². The lowest BCUT2D eigenvalue weighted by molar-refractivity contribution is -0.125. The van der Waals surface area contributed by atoms with Crippen LogP contribution in [0.25, 0.3) is 6.08 Å². The molecular weight excluding hydrogens is 230 g/mol. The van der Waals surface area contributed by atoms with Gasteiger partial charge in [-0.3, -0.25) is 4.79 Å². The fraction of sp³-hybridized carbons (Fsp3) is 0.500. The average Bonchev–Trinajstić information content (AvgIpc) is 2.94. The minimum Gasteiger partial charge on any atom is -0.462 e. The molecule has 4 nitrogen and oxygen atoms in total. The van der Waals surface area contributed by atoms with E-state index in [1.807, 2.05) is 19.1 Å². The molecule has 0 aliphatic carbocycles. The number of carbonyl (C=O) groups is 1. The number of aliphatic hydroxyl groups is 1. The van der Waals surface area contributed by atoms with E-state index in [1.165, 1.54) is 6.08 Å². The SMILES string of the molecule is Cc1ccc(/C=C/C(=O)N2CCC(C(C)O)C2)o1. The Bertz CT molecular complexity index is 448. The fourth-order valence-corrected chi connectivity index (χ4v) is 2.18. The van der Waals surface area contributed by atoms with Gasteiger partial charge in [-0.25, -0.2) is 0 Å². The van der Waals surface area contributed by atoms with Crippen molar-refractivity contribution < 1.29 is 14.3 Å². The van der Waals surface area contributed by atoms with Crippen molar-refractivity contribution in [1.29, 1.82) is 0 Å². The summed E-state index contributed by atoms with van der Waals surface area (Å²) in [6.45, 7) is 5.00. The van der Waals surface area contributed by atoms with Crippen molar-refractivity contribution >= 4 is 12.0 Å². The molecule has 2 atom stereocenters. The standard InChI is InChI=1S/C14H19NO3/c1-10-3-4-13(18-10)5-6-14(17)15-8-7-12(9-15)11(2)16/h3-6,11-12,16H,7-9H2,1-2H3/b6-5+. The molecule has 1 saturated heterocycles. The molecule has 2 heterocycles. The first kappa shape index (κ1) is 12.9. The zero-order valence-corrected chi connectivity index (χ0v) is 10.8. The molecule has 18 heavy (non-hydrogen) atoms. The van der Waals surface area contributed by atoms with Gasteiger partial charge in [-0.05, 0) is 38.5 Å². The predicted octanol–water partition coefficient (Wildman–Crippen LogP) is 1.83. The van der Waals surface area contributed by atoms with E-state index >= 15 is 0 Å². The number of hydrogen-bond donors (Lipinski definition) is 1. The topological polar surface area (TPSA) is 53.7 Å². The molecule has 1 amide bonds. The van der Waals surface area contributed by atoms with Crippen LogP contribution in [0.4, 0.5) is 0 Å². The van der Waals surface area contributed by atoms with Crippen LogP contribution in [0.2, 0.25) is 0 Å². The lowest BCUT2D eigenvalue weighted by Crippen LogP contribution is -2.28. The Balaban J connectivity index is 1.91. The van der Waals surface area contributed by atoms with Crippen molar-refractivity contribution in [2.75, 3.05) is 13.1 Å². The Morgan fingerprint density at radius 2 is 2.39 bits per heavy atom. The average molecular weight is 249 g/mol. The summed E-state index contributed by atoms with van der Waals surface area (Å²) in [7, 11) is 0. The Morgan fingerprint density at radius 3 is 2.94 bits per heavy atom. The Labute approximate surface area is 107 Å². The van der Waals surface area contributed by atoms with Crippen LogP contribution in [0, 0.1) is 12.8 Å². The summed E-state index contributed by atoms with van der Waals surface area (Å²) in [6, 6.07) is 3.70. The largest absolute Gasteiger partial charge is 0.462 e. The first-order valence-corrected chi connectivity index (χ1v) is 6.28. The molecule has 4 heteroatoms. The Hall–Kier alpha value is -1.55. The highest BCUT2D eigenvalue weighted by molar-refractivity contribution is 5.91. The van der Waals surface area contributed by atoms with E-state index < -0.39 is 0 Å². The number of nitrogens with zero attached hydrogens (tertiary/aromatic N) is 1. The second kappa shape index (κ2) is 5.40. The van der Waals surface area contributed by atoms with E-state index in [1.54, 1.807) is 17.9 Å². The monoisotopic (exact) mass is 249 g/mol. The minimum absolute atomic E-state index is 0.0211. The zero-order valence-electron chi connectivity index (χ0n) is 10.8. The molecule has 0 radical (unpaired) electrons. The van der Waals surface area contributed by atoms with Gasteiger partial charge < -0.3 is 14.4 Å². The van der Waals surface area contributed by atoms with Crippen LogP contribution in [0.15, 0.2) is 22.6 Å². The maximum Gasteiger partial charge on any atom is 0.246 e. The summed E-state index contributed by atoms with van der Waals surface area (Å²) in [5.74, 6) is 1.70. The molecule has 0 aromatic carbocycles. The third-order valence-electron chi connectivity index (χ3n) is 3.37. The number of aliphatic hydroxyl groups excluding tert-OH is 1. The summed E-state index contributed by atoms with van der Waals surface area (Å²) < 4.78 is 5.36. The second-order valence-corrected chi connectivity index (χ2v) is 4.86. The number of carbonyl (C=O) groups excluding carboxylic acids is 1. The smallest absolute Gasteiger partial charge is 0.246 e. The molecule has 1 aromatic rings. The van der Waals surface area contributed by atoms with Crippen molar-refractivity contribution in [3.63, 3.8) is 0 Å². The second-order valence-electron chi connectivity index (χ2n) is 4.86. The summed E-state index contributed by atoms with van der Waals surface area (Å²) >= 11 is 0. The summed E-state index contributed by atoms with van der Waals surface area (Å²) in [5.41, 5.74) is 0. The molecular formula is C14H19NO3. The molecule has 98 valence electrons. The molecule has 2 rings (SSSR count). The number of hydrogen-bond acceptors (Lipinski definition) is 3. The van der Waals surface area contributed by atoms with Crippen LogP contribution in [0.5, 0.6) is 0 Å². The van der Waals surface area contributed by atoms with Gasteiger partial charge in [-0.1, -0.05) is 0 Å². The van der Waals surface area contributed by atoms with Gasteiger partial charge in [0.25, 0.3) is 0 Å². The minimum atomic E-state index is -0.348. The van der Waals surface area contributed by atoms with E-state index in [4.69, 9.17) is 4.42 Å². The van der Waals surface area contributed by atoms with Crippen molar-refractivity contribution in [2.24, 2.45) is 5.92 Å². The van der Waals surface area contributed by atoms with Gasteiger partial charge in [0.15, 0.2) is 0 Å². The lowest BCUT2D eigenvalue weighted by atomic mass is 10.0. The van der Waals surface area contributed by atoms with Crippen LogP contribution < -0.4 is 0 Å². The molecule has 1 aliphatic rings. The van der Waals surface area contributed by atoms with Gasteiger partial charge in [0.1, 0.15) is 11.5 Å². The van der Waals surface area contributed by atoms with Gasteiger partial charge in [-0.15, -0.1) is 0 Å². The van der Waals surface area contributed by atoms with Crippen LogP contribution in [-0.2, 0) is 4.79 Å². The Kier molecular flexibility index (Phi) is 3.87. The summed E-state index contributed by atoms with van der Waals surface area (Å²) in [5, 5.41) is 9.49. The van der Waals surface area contributed by atoms with Gasteiger partial charge in [-0.2, -0.15) is 0 Å². The maximum absolute atomic E-state index is 11.9. The number of amides is 1. The number of likely N-dealkylation sites (tertiary alicyclic amines) is 1. The van der Waals surface area contributed by atoms with E-state index in [2.05, 4.69) is 0 Å². The molecule has 0 spiro atoms. The molecule has 1 N–H and O–H groups in total. The van der Waals surface area contributed by atoms with Crippen molar-refractivity contribution in [3.05, 3.63) is 29.7 Å². The predicted molar refractivity (Wildman–Crippen MR) is 68.8 cm³/mol. The molecule has 2 unspecified atom stereocenters. The van der Waals surface area contributed by atoms with Crippen molar-refractivity contribution in [3.8, 4) is 0 Å². The third kappa shape index (κ3) is 3.01. The van der Waals surface area contributed by atoms with Crippen molar-refractivity contribution in [2.45, 2.75) is 26.4 Å². The molecule has 1 fully saturated rings. The first-order valence-electron chi connectivity index (χ1n) is 6.28. The van der Waals surface area contributed by atoms with Crippen LogP contribution in [0.3, 0.4) is 0 Å². The fourth-order valence-electron chi connectivity index (χ4n) is 2.18. The highest BCUT2D eigenvalue weighted by atomic mass is 16.3. The summed E-state index contributed by atoms with van der Waals surface area (Å²) in [6.07, 6.45) is 3.74. The highest BCUT2D eigenvalue weighted by Crippen LogP contribution is 2.20. The van der Waals surface area contributed by atoms with E-state index in [0.717, 1.165) is 18.7 Å². The van der Waals surface area contributed by atoms with E-state index in [9.17, 15) is 9.90 Å². The van der Waals surface area contributed by atoms with Crippen molar-refractivity contribution in [1.82, 2.24) is 4.90 Å². The van der Waals surface area contributed by atoms with Gasteiger partial charge in [0, 0.05) is 25.1 Å². The Morgan fingerprint density at radius 1 is 1.61 bits per heavy atom. The van der Waals surface area contributed by atoms with E-state index in [-0.39, 0.29) is 17.9 Å². The number of rotatable bonds is 3. The van der Waals surface area contributed by atoms with Gasteiger partial charge in [0.05, 0.1) is 6.10 Å². The quantitative estimate of drug-likeness (QED) is 0.831. The van der Waals surface area contributed by atoms with Crippen LogP contribution in [0.1, 0.15) is 24.9 Å². The molecule has 1 aromatic heterocycles. The summed E-state index contributed by atoms with van der Waals surface area (Å²) in [4.78, 5) is 13.7. The highest BCUT2D eigenvalue weighted by Gasteiger charge is 2.27.